The van der Waals surface area contributed by atoms with Gasteiger partial charge < -0.3 is 5.73 Å². The van der Waals surface area contributed by atoms with E-state index in [0.717, 1.165) is 22.4 Å². The first-order chi connectivity index (χ1) is 9.16. The quantitative estimate of drug-likeness (QED) is 0.751. The number of pyridine rings is 1. The van der Waals surface area contributed by atoms with Crippen LogP contribution in [0.4, 0.5) is 5.82 Å². The van der Waals surface area contributed by atoms with Crippen LogP contribution in [0.15, 0.2) is 36.9 Å². The summed E-state index contributed by atoms with van der Waals surface area (Å²) >= 11 is 0. The highest BCUT2D eigenvalue weighted by molar-refractivity contribution is 5.87. The van der Waals surface area contributed by atoms with Gasteiger partial charge in [0.05, 0.1) is 11.8 Å². The van der Waals surface area contributed by atoms with Gasteiger partial charge in [-0.1, -0.05) is 6.07 Å². The minimum absolute atomic E-state index is 0.617. The number of rotatable bonds is 2. The van der Waals surface area contributed by atoms with E-state index < -0.39 is 0 Å². The minimum atomic E-state index is 0.617. The van der Waals surface area contributed by atoms with Crippen molar-refractivity contribution in [2.24, 2.45) is 14.1 Å². The molecule has 0 radical (unpaired) electrons. The van der Waals surface area contributed by atoms with Gasteiger partial charge in [0.1, 0.15) is 11.5 Å². The third-order valence-corrected chi connectivity index (χ3v) is 3.02. The highest BCUT2D eigenvalue weighted by Crippen LogP contribution is 2.34. The molecule has 0 saturated carbocycles. The van der Waals surface area contributed by atoms with Crippen molar-refractivity contribution in [1.29, 1.82) is 0 Å². The highest BCUT2D eigenvalue weighted by atomic mass is 15.3. The van der Waals surface area contributed by atoms with Crippen molar-refractivity contribution < 1.29 is 0 Å². The topological polar surface area (TPSA) is 74.5 Å². The predicted molar refractivity (Wildman–Crippen MR) is 73.1 cm³/mol. The fourth-order valence-electron chi connectivity index (χ4n) is 2.08. The van der Waals surface area contributed by atoms with Gasteiger partial charge in [-0.3, -0.25) is 14.3 Å². The third kappa shape index (κ3) is 1.87. The monoisotopic (exact) mass is 254 g/mol. The molecule has 0 atom stereocenters. The van der Waals surface area contributed by atoms with Crippen LogP contribution in [0.3, 0.4) is 0 Å². The molecule has 0 saturated heterocycles. The van der Waals surface area contributed by atoms with Crippen molar-refractivity contribution in [3.63, 3.8) is 0 Å². The Hall–Kier alpha value is -2.63. The maximum atomic E-state index is 6.13. The Morgan fingerprint density at radius 2 is 2.00 bits per heavy atom. The second-order valence-corrected chi connectivity index (χ2v) is 4.38. The first-order valence-electron chi connectivity index (χ1n) is 5.88. The van der Waals surface area contributed by atoms with E-state index in [2.05, 4.69) is 15.2 Å². The molecule has 19 heavy (non-hydrogen) atoms. The highest BCUT2D eigenvalue weighted by Gasteiger charge is 2.18. The van der Waals surface area contributed by atoms with Crippen LogP contribution in [0.1, 0.15) is 0 Å². The van der Waals surface area contributed by atoms with Crippen molar-refractivity contribution in [1.82, 2.24) is 24.5 Å². The van der Waals surface area contributed by atoms with E-state index in [1.807, 2.05) is 32.4 Å². The zero-order chi connectivity index (χ0) is 13.4. The van der Waals surface area contributed by atoms with E-state index >= 15 is 0 Å². The Labute approximate surface area is 110 Å². The van der Waals surface area contributed by atoms with Gasteiger partial charge in [-0.2, -0.15) is 10.2 Å². The molecule has 0 aliphatic carbocycles. The van der Waals surface area contributed by atoms with E-state index in [-0.39, 0.29) is 0 Å². The Morgan fingerprint density at radius 1 is 1.16 bits per heavy atom. The number of aryl methyl sites for hydroxylation is 2. The summed E-state index contributed by atoms with van der Waals surface area (Å²) in [5.74, 6) is 0.617. The van der Waals surface area contributed by atoms with Gasteiger partial charge in [-0.25, -0.2) is 0 Å². The molecule has 0 unspecified atom stereocenters. The fraction of sp³-hybridized carbons (Fsp3) is 0.154. The van der Waals surface area contributed by atoms with Crippen LogP contribution >= 0.6 is 0 Å². The molecule has 3 aromatic rings. The van der Waals surface area contributed by atoms with Gasteiger partial charge in [0.25, 0.3) is 0 Å². The van der Waals surface area contributed by atoms with E-state index in [0.29, 0.717) is 5.82 Å². The first-order valence-corrected chi connectivity index (χ1v) is 5.88. The van der Waals surface area contributed by atoms with Crippen molar-refractivity contribution in [2.75, 3.05) is 5.73 Å². The molecule has 96 valence electrons. The van der Waals surface area contributed by atoms with Crippen LogP contribution in [0.2, 0.25) is 0 Å². The van der Waals surface area contributed by atoms with Gasteiger partial charge in [0, 0.05) is 43.8 Å². The van der Waals surface area contributed by atoms with Crippen LogP contribution in [0.5, 0.6) is 0 Å². The molecule has 3 heterocycles. The van der Waals surface area contributed by atoms with Gasteiger partial charge in [-0.15, -0.1) is 0 Å². The van der Waals surface area contributed by atoms with Gasteiger partial charge >= 0.3 is 0 Å². The summed E-state index contributed by atoms with van der Waals surface area (Å²) in [5, 5.41) is 8.66. The lowest BCUT2D eigenvalue weighted by molar-refractivity contribution is 0.767. The number of anilines is 1. The number of nitrogens with two attached hydrogens (primary N) is 1. The third-order valence-electron chi connectivity index (χ3n) is 3.02. The lowest BCUT2D eigenvalue weighted by Crippen LogP contribution is -1.98. The number of hydrogen-bond acceptors (Lipinski definition) is 4. The number of nitrogens with zero attached hydrogens (tertiary/aromatic N) is 5. The Morgan fingerprint density at radius 3 is 2.63 bits per heavy atom. The summed E-state index contributed by atoms with van der Waals surface area (Å²) in [5.41, 5.74) is 9.73. The van der Waals surface area contributed by atoms with Crippen LogP contribution in [-0.4, -0.2) is 24.5 Å². The zero-order valence-electron chi connectivity index (χ0n) is 10.8. The molecule has 6 heteroatoms. The second-order valence-electron chi connectivity index (χ2n) is 4.38. The molecule has 0 aliphatic heterocycles. The molecule has 2 N–H and O–H groups in total. The lowest BCUT2D eigenvalue weighted by Gasteiger charge is -2.01. The van der Waals surface area contributed by atoms with E-state index in [1.165, 1.54) is 0 Å². The molecule has 3 rings (SSSR count). The predicted octanol–water partition coefficient (Wildman–Crippen LogP) is 1.46. The standard InChI is InChI=1S/C13H14N6/c1-18-8-10(7-16-18)12-11(13(14)19(2)17-12)9-4-3-5-15-6-9/h3-8H,14H2,1-2H3. The van der Waals surface area contributed by atoms with E-state index in [9.17, 15) is 0 Å². The Balaban J connectivity index is 2.24. The maximum Gasteiger partial charge on any atom is 0.129 e. The van der Waals surface area contributed by atoms with Crippen LogP contribution in [0.25, 0.3) is 22.4 Å². The number of aromatic nitrogens is 5. The van der Waals surface area contributed by atoms with Crippen LogP contribution in [0, 0.1) is 0 Å². The van der Waals surface area contributed by atoms with Crippen molar-refractivity contribution in [3.05, 3.63) is 36.9 Å². The number of nitrogen functional groups attached to an aromatic ring is 1. The summed E-state index contributed by atoms with van der Waals surface area (Å²) in [6, 6.07) is 3.86. The smallest absolute Gasteiger partial charge is 0.129 e. The average Bonchev–Trinajstić information content (AvgIpc) is 2.96. The zero-order valence-corrected chi connectivity index (χ0v) is 10.8. The van der Waals surface area contributed by atoms with Crippen LogP contribution < -0.4 is 5.73 Å². The van der Waals surface area contributed by atoms with Crippen LogP contribution in [-0.2, 0) is 14.1 Å². The molecule has 0 spiro atoms. The van der Waals surface area contributed by atoms with E-state index in [4.69, 9.17) is 5.73 Å². The van der Waals surface area contributed by atoms with E-state index in [1.54, 1.807) is 28.0 Å². The molecular formula is C13H14N6. The SMILES string of the molecule is Cn1cc(-c2nn(C)c(N)c2-c2cccnc2)cn1. The Bertz CT molecular complexity index is 710. The van der Waals surface area contributed by atoms with Gasteiger partial charge in [0.15, 0.2) is 0 Å². The fourth-order valence-corrected chi connectivity index (χ4v) is 2.08. The first kappa shape index (κ1) is 11.5. The molecule has 0 amide bonds. The molecule has 0 aliphatic rings. The molecule has 0 bridgehead atoms. The second kappa shape index (κ2) is 4.24. The molecular weight excluding hydrogens is 240 g/mol. The number of hydrogen-bond donors (Lipinski definition) is 1. The minimum Gasteiger partial charge on any atom is -0.383 e. The normalized spacial score (nSPS) is 10.8. The largest absolute Gasteiger partial charge is 0.383 e. The summed E-state index contributed by atoms with van der Waals surface area (Å²) < 4.78 is 3.41. The molecule has 0 aromatic carbocycles. The summed E-state index contributed by atoms with van der Waals surface area (Å²) in [6.07, 6.45) is 7.22. The summed E-state index contributed by atoms with van der Waals surface area (Å²) in [4.78, 5) is 4.14. The summed E-state index contributed by atoms with van der Waals surface area (Å²) in [6.45, 7) is 0. The lowest BCUT2D eigenvalue weighted by atomic mass is 10.0. The van der Waals surface area contributed by atoms with Gasteiger partial charge in [0.2, 0.25) is 0 Å². The summed E-state index contributed by atoms with van der Waals surface area (Å²) in [7, 11) is 3.70. The average molecular weight is 254 g/mol. The Kier molecular flexibility index (Phi) is 2.56. The van der Waals surface area contributed by atoms with Gasteiger partial charge in [-0.05, 0) is 6.07 Å². The van der Waals surface area contributed by atoms with Crippen molar-refractivity contribution in [3.8, 4) is 22.4 Å². The maximum absolute atomic E-state index is 6.13. The molecule has 3 aromatic heterocycles. The van der Waals surface area contributed by atoms with Crippen molar-refractivity contribution in [2.45, 2.75) is 0 Å². The molecule has 6 nitrogen and oxygen atoms in total. The molecule has 0 fully saturated rings. The van der Waals surface area contributed by atoms with Crippen molar-refractivity contribution >= 4 is 5.82 Å².